The monoisotopic (exact) mass is 488 g/mol. The fraction of sp³-hybridized carbons (Fsp3) is 0.500. The number of thiol groups is 1. The minimum absolute atomic E-state index is 0.126. The summed E-state index contributed by atoms with van der Waals surface area (Å²) in [6.45, 7) is 26.1. The molecular formula is C28H48N4OS. The lowest BCUT2D eigenvalue weighted by Crippen LogP contribution is -2.15. The first kappa shape index (κ1) is 33.7. The van der Waals surface area contributed by atoms with E-state index in [1.54, 1.807) is 19.1 Å². The first-order valence-electron chi connectivity index (χ1n) is 11.6. The number of nitrogens with zero attached hydrogens (tertiary/aromatic N) is 2. The molecule has 0 aliphatic carbocycles. The van der Waals surface area contributed by atoms with Crippen molar-refractivity contribution in [3.05, 3.63) is 71.4 Å². The van der Waals surface area contributed by atoms with Gasteiger partial charge in [0.15, 0.2) is 5.78 Å². The molecule has 0 spiro atoms. The molecule has 1 aliphatic rings. The molecule has 6 heteroatoms. The number of rotatable bonds is 8. The van der Waals surface area contributed by atoms with Crippen molar-refractivity contribution in [3.8, 4) is 0 Å². The van der Waals surface area contributed by atoms with Gasteiger partial charge in [-0.05, 0) is 56.5 Å². The molecule has 0 aromatic heterocycles. The first-order valence-corrected chi connectivity index (χ1v) is 12.3. The molecule has 1 fully saturated rings. The number of Topliss-reactive ketones (excluding diaryl/α,β-unsaturated/α-hetero) is 1. The second-order valence-corrected chi connectivity index (χ2v) is 9.32. The van der Waals surface area contributed by atoms with E-state index in [0.717, 1.165) is 40.6 Å². The van der Waals surface area contributed by atoms with Crippen LogP contribution in [0.1, 0.15) is 61.3 Å². The molecule has 1 aliphatic heterocycles. The van der Waals surface area contributed by atoms with Gasteiger partial charge in [-0.2, -0.15) is 12.6 Å². The number of carbonyl (C=O) groups excluding carboxylic acids is 1. The third-order valence-electron chi connectivity index (χ3n) is 5.36. The van der Waals surface area contributed by atoms with Gasteiger partial charge in [0.25, 0.3) is 0 Å². The fourth-order valence-electron chi connectivity index (χ4n) is 2.46. The van der Waals surface area contributed by atoms with Gasteiger partial charge in [0, 0.05) is 25.5 Å². The molecule has 0 aromatic carbocycles. The number of carbonyl (C=O) groups is 1. The van der Waals surface area contributed by atoms with Crippen LogP contribution in [-0.4, -0.2) is 43.9 Å². The SMILES string of the molecule is C=C/C(=C\C/C(=C\C)C(C)=O)CS.C=C/C(N=C)=C1\C(=C(/C)NC)NCN1C.CCC(C)(C)C. The Morgan fingerprint density at radius 3 is 2.15 bits per heavy atom. The Bertz CT molecular complexity index is 801. The van der Waals surface area contributed by atoms with E-state index in [0.29, 0.717) is 17.6 Å². The van der Waals surface area contributed by atoms with Crippen molar-refractivity contribution in [2.24, 2.45) is 10.4 Å². The zero-order valence-corrected chi connectivity index (χ0v) is 23.9. The maximum atomic E-state index is 11.0. The Morgan fingerprint density at radius 2 is 1.82 bits per heavy atom. The molecule has 0 unspecified atom stereocenters. The molecule has 0 amide bonds. The van der Waals surface area contributed by atoms with Gasteiger partial charge >= 0.3 is 0 Å². The average molecular weight is 489 g/mol. The van der Waals surface area contributed by atoms with Gasteiger partial charge in [-0.15, -0.1) is 0 Å². The Morgan fingerprint density at radius 1 is 1.26 bits per heavy atom. The number of likely N-dealkylation sites (N-methyl/N-ethyl adjacent to an activating group) is 1. The molecule has 5 nitrogen and oxygen atoms in total. The molecule has 0 aromatic rings. The summed E-state index contributed by atoms with van der Waals surface area (Å²) in [5.41, 5.74) is 6.41. The van der Waals surface area contributed by atoms with Gasteiger partial charge in [-0.25, -0.2) is 0 Å². The van der Waals surface area contributed by atoms with Gasteiger partial charge in [0.1, 0.15) is 0 Å². The maximum absolute atomic E-state index is 11.0. The summed E-state index contributed by atoms with van der Waals surface area (Å²) in [5.74, 6) is 0.791. The summed E-state index contributed by atoms with van der Waals surface area (Å²) in [7, 11) is 3.90. The molecule has 0 saturated carbocycles. The largest absolute Gasteiger partial charge is 0.390 e. The number of hydrogen-bond donors (Lipinski definition) is 3. The molecule has 2 N–H and O–H groups in total. The summed E-state index contributed by atoms with van der Waals surface area (Å²) in [6.07, 6.45) is 9.25. The van der Waals surface area contributed by atoms with E-state index in [9.17, 15) is 4.79 Å². The standard InChI is InChI=1S/C11H18N4.C11H16OS.C6H14/c1-6-9(13-4)11-10(8(2)12-3)14-7-15(11)5;1-4-10(8-13)6-7-11(5-2)9(3)12;1-5-6(2,3)4/h6,12,14H,1,4,7H2,2-3,5H3;4-6,13H,1,7-8H2,2-3H3;5H2,1-4H3/b10-8-,11-9-;10-6+,11-5+;. The van der Waals surface area contributed by atoms with Crippen LogP contribution in [-0.2, 0) is 4.79 Å². The van der Waals surface area contributed by atoms with Crippen LogP contribution in [0.4, 0.5) is 0 Å². The maximum Gasteiger partial charge on any atom is 0.155 e. The highest BCUT2D eigenvalue weighted by Gasteiger charge is 2.22. The van der Waals surface area contributed by atoms with E-state index in [-0.39, 0.29) is 5.78 Å². The molecule has 0 atom stereocenters. The molecular weight excluding hydrogens is 440 g/mol. The highest BCUT2D eigenvalue weighted by atomic mass is 32.1. The molecule has 192 valence electrons. The second-order valence-electron chi connectivity index (χ2n) is 9.01. The van der Waals surface area contributed by atoms with Gasteiger partial charge in [0.05, 0.1) is 23.8 Å². The van der Waals surface area contributed by atoms with Crippen molar-refractivity contribution >= 4 is 25.1 Å². The van der Waals surface area contributed by atoms with Gasteiger partial charge < -0.3 is 15.5 Å². The summed E-state index contributed by atoms with van der Waals surface area (Å²) < 4.78 is 0. The van der Waals surface area contributed by atoms with Crippen molar-refractivity contribution < 1.29 is 4.79 Å². The third kappa shape index (κ3) is 13.3. The fourth-order valence-corrected chi connectivity index (χ4v) is 2.72. The first-order chi connectivity index (χ1) is 15.9. The van der Waals surface area contributed by atoms with E-state index in [2.05, 4.69) is 80.7 Å². The normalized spacial score (nSPS) is 16.7. The van der Waals surface area contributed by atoms with Crippen LogP contribution in [0.2, 0.25) is 0 Å². The second kappa shape index (κ2) is 17.9. The zero-order valence-electron chi connectivity index (χ0n) is 23.0. The number of aliphatic imine (C=N–C) groups is 1. The van der Waals surface area contributed by atoms with Gasteiger partial charge in [-0.3, -0.25) is 9.79 Å². The lowest BCUT2D eigenvalue weighted by atomic mass is 9.94. The Kier molecular flexibility index (Phi) is 17.8. The number of hydrogen-bond acceptors (Lipinski definition) is 6. The van der Waals surface area contributed by atoms with Crippen LogP contribution in [0.25, 0.3) is 0 Å². The lowest BCUT2D eigenvalue weighted by molar-refractivity contribution is -0.113. The smallest absolute Gasteiger partial charge is 0.155 e. The summed E-state index contributed by atoms with van der Waals surface area (Å²) in [4.78, 5) is 17.1. The van der Waals surface area contributed by atoms with Crippen LogP contribution in [0, 0.1) is 5.41 Å². The Labute approximate surface area is 215 Å². The molecule has 1 heterocycles. The van der Waals surface area contributed by atoms with E-state index in [1.165, 1.54) is 6.42 Å². The van der Waals surface area contributed by atoms with Crippen molar-refractivity contribution in [3.63, 3.8) is 0 Å². The van der Waals surface area contributed by atoms with E-state index >= 15 is 0 Å². The highest BCUT2D eigenvalue weighted by molar-refractivity contribution is 7.80. The lowest BCUT2D eigenvalue weighted by Gasteiger charge is -2.14. The van der Waals surface area contributed by atoms with Crippen molar-refractivity contribution in [1.82, 2.24) is 15.5 Å². The number of allylic oxidation sites excluding steroid dienone is 6. The Hall–Kier alpha value is -2.47. The topological polar surface area (TPSA) is 56.7 Å². The van der Waals surface area contributed by atoms with Gasteiger partial charge in [-0.1, -0.05) is 65.5 Å². The van der Waals surface area contributed by atoms with Crippen LogP contribution in [0.3, 0.4) is 0 Å². The zero-order chi connectivity index (χ0) is 26.9. The Balaban J connectivity index is 0. The summed E-state index contributed by atoms with van der Waals surface area (Å²) in [5, 5.41) is 6.43. The van der Waals surface area contributed by atoms with E-state index < -0.39 is 0 Å². The number of ketones is 1. The summed E-state index contributed by atoms with van der Waals surface area (Å²) >= 11 is 4.14. The molecule has 0 bridgehead atoms. The van der Waals surface area contributed by atoms with Crippen LogP contribution in [0.15, 0.2) is 76.4 Å². The van der Waals surface area contributed by atoms with Crippen LogP contribution < -0.4 is 10.6 Å². The quantitative estimate of drug-likeness (QED) is 0.160. The minimum Gasteiger partial charge on any atom is -0.390 e. The van der Waals surface area contributed by atoms with Gasteiger partial charge in [0.2, 0.25) is 0 Å². The summed E-state index contributed by atoms with van der Waals surface area (Å²) in [6, 6.07) is 0. The highest BCUT2D eigenvalue weighted by Crippen LogP contribution is 2.24. The van der Waals surface area contributed by atoms with E-state index in [1.807, 2.05) is 40.1 Å². The third-order valence-corrected chi connectivity index (χ3v) is 5.72. The van der Waals surface area contributed by atoms with Crippen molar-refractivity contribution in [2.45, 2.75) is 61.3 Å². The molecule has 34 heavy (non-hydrogen) atoms. The van der Waals surface area contributed by atoms with E-state index in [4.69, 9.17) is 0 Å². The van der Waals surface area contributed by atoms with Crippen molar-refractivity contribution in [2.75, 3.05) is 26.5 Å². The number of nitrogens with one attached hydrogen (secondary N) is 2. The van der Waals surface area contributed by atoms with Crippen molar-refractivity contribution in [1.29, 1.82) is 0 Å². The predicted octanol–water partition coefficient (Wildman–Crippen LogP) is 6.42. The molecule has 0 radical (unpaired) electrons. The molecule has 1 rings (SSSR count). The van der Waals surface area contributed by atoms with Crippen LogP contribution >= 0.6 is 12.6 Å². The van der Waals surface area contributed by atoms with Crippen LogP contribution in [0.5, 0.6) is 0 Å². The predicted molar refractivity (Wildman–Crippen MR) is 155 cm³/mol. The minimum atomic E-state index is 0.126. The average Bonchev–Trinajstić information content (AvgIpc) is 3.18. The molecule has 1 saturated heterocycles.